The molecule has 1 aromatic carbocycles. The first-order valence-electron chi connectivity index (χ1n) is 8.43. The van der Waals surface area contributed by atoms with Crippen molar-refractivity contribution in [2.24, 2.45) is 0 Å². The first kappa shape index (κ1) is 16.5. The number of nitrogens with one attached hydrogen (secondary N) is 1. The van der Waals surface area contributed by atoms with Crippen molar-refractivity contribution in [2.45, 2.75) is 38.3 Å². The molecule has 24 heavy (non-hydrogen) atoms. The molecule has 2 fully saturated rings. The van der Waals surface area contributed by atoms with Crippen molar-refractivity contribution in [1.29, 1.82) is 5.26 Å². The van der Waals surface area contributed by atoms with Crippen LogP contribution in [0.25, 0.3) is 0 Å². The molecule has 3 amide bonds. The zero-order chi connectivity index (χ0) is 17.2. The average Bonchev–Trinajstić information content (AvgIpc) is 2.82. The second-order valence-electron chi connectivity index (χ2n) is 6.55. The van der Waals surface area contributed by atoms with Crippen molar-refractivity contribution in [2.75, 3.05) is 19.6 Å². The lowest BCUT2D eigenvalue weighted by molar-refractivity contribution is -0.133. The zero-order valence-electron chi connectivity index (χ0n) is 13.9. The predicted molar refractivity (Wildman–Crippen MR) is 88.9 cm³/mol. The van der Waals surface area contributed by atoms with Crippen LogP contribution in [-0.4, -0.2) is 46.9 Å². The maximum absolute atomic E-state index is 12.9. The highest BCUT2D eigenvalue weighted by Gasteiger charge is 2.52. The summed E-state index contributed by atoms with van der Waals surface area (Å²) < 4.78 is 0. The summed E-state index contributed by atoms with van der Waals surface area (Å²) in [6.07, 6.45) is 2.43. The molecule has 2 aliphatic rings. The number of piperidine rings is 1. The van der Waals surface area contributed by atoms with Gasteiger partial charge in [0.05, 0.1) is 18.2 Å². The van der Waals surface area contributed by atoms with Crippen LogP contribution in [0.15, 0.2) is 24.3 Å². The first-order valence-corrected chi connectivity index (χ1v) is 8.43. The zero-order valence-corrected chi connectivity index (χ0v) is 13.9. The largest absolute Gasteiger partial charge is 0.325 e. The van der Waals surface area contributed by atoms with Gasteiger partial charge in [-0.1, -0.05) is 19.1 Å². The van der Waals surface area contributed by atoms with Crippen molar-refractivity contribution in [3.8, 4) is 6.07 Å². The van der Waals surface area contributed by atoms with Gasteiger partial charge in [-0.25, -0.2) is 4.79 Å². The third kappa shape index (κ3) is 3.00. The van der Waals surface area contributed by atoms with Crippen molar-refractivity contribution in [3.05, 3.63) is 35.4 Å². The molecule has 2 heterocycles. The molecule has 1 N–H and O–H groups in total. The van der Waals surface area contributed by atoms with Gasteiger partial charge in [0.1, 0.15) is 5.54 Å². The summed E-state index contributed by atoms with van der Waals surface area (Å²) in [5.74, 6) is -0.118. The summed E-state index contributed by atoms with van der Waals surface area (Å²) in [5, 5.41) is 11.8. The highest BCUT2D eigenvalue weighted by Crippen LogP contribution is 2.30. The lowest BCUT2D eigenvalue weighted by Gasteiger charge is -2.37. The van der Waals surface area contributed by atoms with Gasteiger partial charge in [-0.05, 0) is 43.5 Å². The number of urea groups is 1. The van der Waals surface area contributed by atoms with Crippen LogP contribution >= 0.6 is 0 Å². The van der Waals surface area contributed by atoms with E-state index in [0.717, 1.165) is 31.6 Å². The number of nitrogens with zero attached hydrogens (tertiary/aromatic N) is 3. The van der Waals surface area contributed by atoms with Gasteiger partial charge in [-0.15, -0.1) is 0 Å². The van der Waals surface area contributed by atoms with Gasteiger partial charge in [0.25, 0.3) is 5.91 Å². The molecule has 0 aliphatic carbocycles. The quantitative estimate of drug-likeness (QED) is 0.857. The van der Waals surface area contributed by atoms with Gasteiger partial charge in [-0.3, -0.25) is 9.69 Å². The molecule has 126 valence electrons. The number of hydrogen-bond acceptors (Lipinski definition) is 4. The smallest absolute Gasteiger partial charge is 0.323 e. The molecule has 1 spiro atoms. The van der Waals surface area contributed by atoms with Crippen molar-refractivity contribution >= 4 is 11.9 Å². The fourth-order valence-corrected chi connectivity index (χ4v) is 3.50. The van der Waals surface area contributed by atoms with Gasteiger partial charge in [0.15, 0.2) is 0 Å². The molecule has 2 saturated heterocycles. The summed E-state index contributed by atoms with van der Waals surface area (Å²) in [4.78, 5) is 28.8. The third-order valence-corrected chi connectivity index (χ3v) is 4.92. The van der Waals surface area contributed by atoms with Gasteiger partial charge < -0.3 is 10.2 Å². The summed E-state index contributed by atoms with van der Waals surface area (Å²) in [6, 6.07) is 8.72. The fourth-order valence-electron chi connectivity index (χ4n) is 3.50. The van der Waals surface area contributed by atoms with Crippen LogP contribution < -0.4 is 5.32 Å². The van der Waals surface area contributed by atoms with E-state index in [9.17, 15) is 9.59 Å². The molecule has 0 aromatic heterocycles. The highest BCUT2D eigenvalue weighted by molar-refractivity contribution is 6.07. The van der Waals surface area contributed by atoms with Gasteiger partial charge in [0.2, 0.25) is 0 Å². The van der Waals surface area contributed by atoms with E-state index in [1.807, 2.05) is 0 Å². The van der Waals surface area contributed by atoms with E-state index in [4.69, 9.17) is 5.26 Å². The maximum atomic E-state index is 12.9. The highest BCUT2D eigenvalue weighted by atomic mass is 16.2. The minimum absolute atomic E-state index is 0.118. The Hall–Kier alpha value is -2.39. The molecule has 2 aliphatic heterocycles. The molecule has 1 aromatic rings. The summed E-state index contributed by atoms with van der Waals surface area (Å²) >= 11 is 0. The standard InChI is InChI=1S/C18H22N4O2/c1-2-9-21-10-7-18(8-11-21)16(23)22(17(24)20-18)13-15-5-3-14(12-19)4-6-15/h3-6H,2,7-11,13H2,1H3,(H,20,24). The van der Waals surface area contributed by atoms with Crippen LogP contribution in [0.4, 0.5) is 4.79 Å². The third-order valence-electron chi connectivity index (χ3n) is 4.92. The molecule has 0 saturated carbocycles. The number of likely N-dealkylation sites (tertiary alicyclic amines) is 1. The van der Waals surface area contributed by atoms with E-state index < -0.39 is 5.54 Å². The molecule has 6 heteroatoms. The topological polar surface area (TPSA) is 76.4 Å². The van der Waals surface area contributed by atoms with Crippen molar-refractivity contribution < 1.29 is 9.59 Å². The molecule has 0 radical (unpaired) electrons. The Kier molecular flexibility index (Phi) is 4.54. The summed E-state index contributed by atoms with van der Waals surface area (Å²) in [6.45, 7) is 5.10. The van der Waals surface area contributed by atoms with E-state index >= 15 is 0 Å². The number of carbonyl (C=O) groups excluding carboxylic acids is 2. The number of imide groups is 1. The van der Waals surface area contributed by atoms with Gasteiger partial charge >= 0.3 is 6.03 Å². The molecule has 3 rings (SSSR count). The molecule has 0 atom stereocenters. The molecule has 6 nitrogen and oxygen atoms in total. The Morgan fingerprint density at radius 1 is 1.21 bits per heavy atom. The Morgan fingerprint density at radius 3 is 2.46 bits per heavy atom. The fraction of sp³-hybridized carbons (Fsp3) is 0.500. The van der Waals surface area contributed by atoms with Gasteiger partial charge in [0, 0.05) is 13.1 Å². The summed E-state index contributed by atoms with van der Waals surface area (Å²) in [5.41, 5.74) is 0.683. The van der Waals surface area contributed by atoms with E-state index in [1.54, 1.807) is 24.3 Å². The van der Waals surface area contributed by atoms with Crippen LogP contribution in [-0.2, 0) is 11.3 Å². The number of hydrogen-bond donors (Lipinski definition) is 1. The Bertz CT molecular complexity index is 669. The maximum Gasteiger partial charge on any atom is 0.325 e. The van der Waals surface area contributed by atoms with E-state index in [2.05, 4.69) is 23.2 Å². The second-order valence-corrected chi connectivity index (χ2v) is 6.55. The number of rotatable bonds is 4. The number of benzene rings is 1. The molecular weight excluding hydrogens is 304 g/mol. The normalized spacial score (nSPS) is 20.2. The average molecular weight is 326 g/mol. The summed E-state index contributed by atoms with van der Waals surface area (Å²) in [7, 11) is 0. The van der Waals surface area contributed by atoms with Crippen molar-refractivity contribution in [3.63, 3.8) is 0 Å². The Morgan fingerprint density at radius 2 is 1.88 bits per heavy atom. The van der Waals surface area contributed by atoms with E-state index in [0.29, 0.717) is 18.4 Å². The predicted octanol–water partition coefficient (Wildman–Crippen LogP) is 1.85. The minimum atomic E-state index is -0.728. The lowest BCUT2D eigenvalue weighted by atomic mass is 9.87. The van der Waals surface area contributed by atoms with Crippen molar-refractivity contribution in [1.82, 2.24) is 15.1 Å². The molecule has 0 bridgehead atoms. The number of nitriles is 1. The van der Waals surface area contributed by atoms with Gasteiger partial charge in [-0.2, -0.15) is 5.26 Å². The van der Waals surface area contributed by atoms with Crippen LogP contribution in [0.5, 0.6) is 0 Å². The molecule has 0 unspecified atom stereocenters. The Labute approximate surface area is 142 Å². The van der Waals surface area contributed by atoms with Crippen LogP contribution in [0.3, 0.4) is 0 Å². The SMILES string of the molecule is CCCN1CCC2(CC1)NC(=O)N(Cc1ccc(C#N)cc1)C2=O. The monoisotopic (exact) mass is 326 g/mol. The number of carbonyl (C=O) groups is 2. The lowest BCUT2D eigenvalue weighted by Crippen LogP contribution is -2.54. The van der Waals surface area contributed by atoms with Crippen LogP contribution in [0, 0.1) is 11.3 Å². The Balaban J connectivity index is 1.69. The van der Waals surface area contributed by atoms with Crippen LogP contribution in [0.1, 0.15) is 37.3 Å². The second kappa shape index (κ2) is 6.62. The molecular formula is C18H22N4O2. The van der Waals surface area contributed by atoms with Crippen LogP contribution in [0.2, 0.25) is 0 Å². The first-order chi connectivity index (χ1) is 11.6. The van der Waals surface area contributed by atoms with E-state index in [-0.39, 0.29) is 18.5 Å². The minimum Gasteiger partial charge on any atom is -0.323 e. The number of amides is 3. The van der Waals surface area contributed by atoms with E-state index in [1.165, 1.54) is 4.90 Å².